The van der Waals surface area contributed by atoms with Crippen LogP contribution in [0.1, 0.15) is 76.2 Å². The van der Waals surface area contributed by atoms with Crippen LogP contribution in [0.25, 0.3) is 0 Å². The van der Waals surface area contributed by atoms with Crippen LogP contribution in [0.2, 0.25) is 0 Å². The van der Waals surface area contributed by atoms with E-state index in [0.717, 1.165) is 25.7 Å². The Hall–Kier alpha value is -1.84. The molecule has 0 aliphatic heterocycles. The fourth-order valence-corrected chi connectivity index (χ4v) is 3.39. The number of esters is 2. The summed E-state index contributed by atoms with van der Waals surface area (Å²) in [5.41, 5.74) is 1.40. The van der Waals surface area contributed by atoms with Crippen molar-refractivity contribution in [2.24, 2.45) is 5.92 Å². The lowest BCUT2D eigenvalue weighted by Crippen LogP contribution is -2.35. The van der Waals surface area contributed by atoms with E-state index in [-0.39, 0.29) is 23.3 Å². The molecule has 0 saturated heterocycles. The van der Waals surface area contributed by atoms with Crippen molar-refractivity contribution >= 4 is 11.9 Å². The SMILES string of the molecule is CCOC(=O)c1ccc(C2(C)CCC(C(=O)OC(C)(C)C)CC2)cc1. The van der Waals surface area contributed by atoms with E-state index in [4.69, 9.17) is 9.47 Å². The molecule has 1 aromatic carbocycles. The number of hydrogen-bond acceptors (Lipinski definition) is 4. The fourth-order valence-electron chi connectivity index (χ4n) is 3.39. The molecule has 0 amide bonds. The van der Waals surface area contributed by atoms with Gasteiger partial charge in [-0.2, -0.15) is 0 Å². The fraction of sp³-hybridized carbons (Fsp3) is 0.619. The molecule has 4 nitrogen and oxygen atoms in total. The van der Waals surface area contributed by atoms with Crippen LogP contribution >= 0.6 is 0 Å². The van der Waals surface area contributed by atoms with Gasteiger partial charge in [0.25, 0.3) is 0 Å². The summed E-state index contributed by atoms with van der Waals surface area (Å²) in [5, 5.41) is 0. The Morgan fingerprint density at radius 3 is 2.16 bits per heavy atom. The van der Waals surface area contributed by atoms with Gasteiger partial charge in [-0.15, -0.1) is 0 Å². The van der Waals surface area contributed by atoms with Gasteiger partial charge in [0.05, 0.1) is 18.1 Å². The highest BCUT2D eigenvalue weighted by atomic mass is 16.6. The van der Waals surface area contributed by atoms with Crippen LogP contribution in [0.15, 0.2) is 24.3 Å². The van der Waals surface area contributed by atoms with Crippen LogP contribution in [0.5, 0.6) is 0 Å². The van der Waals surface area contributed by atoms with E-state index in [1.165, 1.54) is 5.56 Å². The normalized spacial score (nSPS) is 23.8. The highest BCUT2D eigenvalue weighted by Gasteiger charge is 2.36. The topological polar surface area (TPSA) is 52.6 Å². The maximum atomic E-state index is 12.3. The Bertz CT molecular complexity index is 602. The Morgan fingerprint density at radius 2 is 1.68 bits per heavy atom. The summed E-state index contributed by atoms with van der Waals surface area (Å²) < 4.78 is 10.6. The van der Waals surface area contributed by atoms with Crippen LogP contribution in [-0.4, -0.2) is 24.1 Å². The average Bonchev–Trinajstić information content (AvgIpc) is 2.54. The minimum absolute atomic E-state index is 0.00824. The second-order valence-electron chi connectivity index (χ2n) is 8.17. The molecule has 138 valence electrons. The van der Waals surface area contributed by atoms with Crippen molar-refractivity contribution in [1.29, 1.82) is 0 Å². The lowest BCUT2D eigenvalue weighted by molar-refractivity contribution is -0.161. The predicted octanol–water partition coefficient (Wildman–Crippen LogP) is 4.65. The molecule has 1 aromatic rings. The predicted molar refractivity (Wildman–Crippen MR) is 97.6 cm³/mol. The second kappa shape index (κ2) is 7.59. The van der Waals surface area contributed by atoms with Gasteiger partial charge < -0.3 is 9.47 Å². The molecule has 1 aliphatic rings. The molecule has 0 heterocycles. The smallest absolute Gasteiger partial charge is 0.338 e. The Morgan fingerprint density at radius 1 is 1.12 bits per heavy atom. The van der Waals surface area contributed by atoms with Gasteiger partial charge in [0.15, 0.2) is 0 Å². The van der Waals surface area contributed by atoms with Crippen molar-refractivity contribution in [3.8, 4) is 0 Å². The zero-order valence-corrected chi connectivity index (χ0v) is 16.1. The van der Waals surface area contributed by atoms with E-state index in [2.05, 4.69) is 6.92 Å². The molecule has 4 heteroatoms. The zero-order valence-electron chi connectivity index (χ0n) is 16.1. The summed E-state index contributed by atoms with van der Waals surface area (Å²) in [4.78, 5) is 24.0. The van der Waals surface area contributed by atoms with E-state index in [9.17, 15) is 9.59 Å². The maximum absolute atomic E-state index is 12.3. The molecular weight excluding hydrogens is 316 g/mol. The van der Waals surface area contributed by atoms with Gasteiger partial charge in [0, 0.05) is 0 Å². The van der Waals surface area contributed by atoms with Crippen LogP contribution < -0.4 is 0 Å². The Labute approximate surface area is 150 Å². The Balaban J connectivity index is 2.00. The lowest BCUT2D eigenvalue weighted by Gasteiger charge is -2.37. The third-order valence-electron chi connectivity index (χ3n) is 4.92. The first-order valence-electron chi connectivity index (χ1n) is 9.15. The molecule has 0 atom stereocenters. The quantitative estimate of drug-likeness (QED) is 0.745. The highest BCUT2D eigenvalue weighted by Crippen LogP contribution is 2.42. The van der Waals surface area contributed by atoms with Crippen molar-refractivity contribution in [2.45, 2.75) is 71.3 Å². The van der Waals surface area contributed by atoms with Crippen LogP contribution in [0.4, 0.5) is 0 Å². The summed E-state index contributed by atoms with van der Waals surface area (Å²) >= 11 is 0. The van der Waals surface area contributed by atoms with E-state index < -0.39 is 5.60 Å². The first kappa shape index (κ1) is 19.5. The number of rotatable bonds is 4. The molecular formula is C21H30O4. The van der Waals surface area contributed by atoms with E-state index in [1.54, 1.807) is 6.92 Å². The average molecular weight is 346 g/mol. The minimum Gasteiger partial charge on any atom is -0.462 e. The van der Waals surface area contributed by atoms with Crippen molar-refractivity contribution in [2.75, 3.05) is 6.61 Å². The zero-order chi connectivity index (χ0) is 18.7. The number of ether oxygens (including phenoxy) is 2. The third-order valence-corrected chi connectivity index (χ3v) is 4.92. The van der Waals surface area contributed by atoms with Gasteiger partial charge in [-0.05, 0) is 76.5 Å². The van der Waals surface area contributed by atoms with Gasteiger partial charge in [-0.1, -0.05) is 19.1 Å². The van der Waals surface area contributed by atoms with E-state index >= 15 is 0 Å². The minimum atomic E-state index is -0.430. The van der Waals surface area contributed by atoms with Crippen LogP contribution in [-0.2, 0) is 19.7 Å². The molecule has 0 bridgehead atoms. The molecule has 0 unspecified atom stereocenters. The molecule has 1 aliphatic carbocycles. The molecule has 25 heavy (non-hydrogen) atoms. The molecule has 0 aromatic heterocycles. The van der Waals surface area contributed by atoms with Gasteiger partial charge in [-0.3, -0.25) is 4.79 Å². The summed E-state index contributed by atoms with van der Waals surface area (Å²) in [7, 11) is 0. The molecule has 1 fully saturated rings. The van der Waals surface area contributed by atoms with Gasteiger partial charge in [0.1, 0.15) is 5.60 Å². The van der Waals surface area contributed by atoms with Crippen molar-refractivity contribution in [1.82, 2.24) is 0 Å². The second-order valence-corrected chi connectivity index (χ2v) is 8.17. The standard InChI is InChI=1S/C21H30O4/c1-6-24-18(22)15-7-9-17(10-8-15)21(5)13-11-16(12-14-21)19(23)25-20(2,3)4/h7-10,16H,6,11-14H2,1-5H3. The molecule has 0 radical (unpaired) electrons. The molecule has 2 rings (SSSR count). The summed E-state index contributed by atoms with van der Waals surface area (Å²) in [6.45, 7) is 10.1. The lowest BCUT2D eigenvalue weighted by atomic mass is 9.68. The summed E-state index contributed by atoms with van der Waals surface area (Å²) in [5.74, 6) is -0.369. The maximum Gasteiger partial charge on any atom is 0.338 e. The highest BCUT2D eigenvalue weighted by molar-refractivity contribution is 5.89. The van der Waals surface area contributed by atoms with Gasteiger partial charge in [0.2, 0.25) is 0 Å². The number of hydrogen-bond donors (Lipinski definition) is 0. The van der Waals surface area contributed by atoms with Gasteiger partial charge >= 0.3 is 11.9 Å². The first-order chi connectivity index (χ1) is 11.6. The first-order valence-corrected chi connectivity index (χ1v) is 9.15. The van der Waals surface area contributed by atoms with Crippen molar-refractivity contribution in [3.63, 3.8) is 0 Å². The van der Waals surface area contributed by atoms with Crippen LogP contribution in [0, 0.1) is 5.92 Å². The molecule has 1 saturated carbocycles. The van der Waals surface area contributed by atoms with E-state index in [0.29, 0.717) is 12.2 Å². The molecule has 0 spiro atoms. The molecule has 0 N–H and O–H groups in total. The summed E-state index contributed by atoms with van der Waals surface area (Å²) in [6.07, 6.45) is 3.56. The third kappa shape index (κ3) is 5.07. The van der Waals surface area contributed by atoms with E-state index in [1.807, 2.05) is 45.0 Å². The van der Waals surface area contributed by atoms with Gasteiger partial charge in [-0.25, -0.2) is 4.79 Å². The largest absolute Gasteiger partial charge is 0.462 e. The monoisotopic (exact) mass is 346 g/mol. The van der Waals surface area contributed by atoms with Crippen molar-refractivity contribution in [3.05, 3.63) is 35.4 Å². The Kier molecular flexibility index (Phi) is 5.91. The number of carbonyl (C=O) groups excluding carboxylic acids is 2. The van der Waals surface area contributed by atoms with Crippen LogP contribution in [0.3, 0.4) is 0 Å². The number of benzene rings is 1. The number of carbonyl (C=O) groups is 2. The van der Waals surface area contributed by atoms with Crippen molar-refractivity contribution < 1.29 is 19.1 Å². The summed E-state index contributed by atoms with van der Waals surface area (Å²) in [6, 6.07) is 7.69.